The number of rotatable bonds is 2. The molecule has 10 heteroatoms. The van der Waals surface area contributed by atoms with Crippen LogP contribution >= 0.6 is 0 Å². The molecule has 0 N–H and O–H groups in total. The molecule has 4 aromatic rings. The van der Waals surface area contributed by atoms with Crippen molar-refractivity contribution in [1.82, 2.24) is 30.4 Å². The summed E-state index contributed by atoms with van der Waals surface area (Å²) in [6.45, 7) is 0. The fourth-order valence-electron chi connectivity index (χ4n) is 2.03. The van der Waals surface area contributed by atoms with E-state index in [-0.39, 0.29) is 12.3 Å². The van der Waals surface area contributed by atoms with Crippen molar-refractivity contribution in [2.75, 3.05) is 0 Å². The summed E-state index contributed by atoms with van der Waals surface area (Å²) in [7, 11) is 0. The lowest BCUT2D eigenvalue weighted by Crippen LogP contribution is -1.88. The van der Waals surface area contributed by atoms with E-state index in [1.807, 2.05) is 42.5 Å². The summed E-state index contributed by atoms with van der Waals surface area (Å²) in [5.74, 6) is 0.965. The smallest absolute Gasteiger partial charge is 0.373 e. The van der Waals surface area contributed by atoms with E-state index in [9.17, 15) is 0 Å². The highest BCUT2D eigenvalue weighted by atomic mass is 16.2. The van der Waals surface area contributed by atoms with E-state index in [0.29, 0.717) is 23.0 Å². The van der Waals surface area contributed by atoms with Crippen LogP contribution in [0.25, 0.3) is 33.9 Å². The molecule has 128 valence electrons. The quantitative estimate of drug-likeness (QED) is 0.501. The highest BCUT2D eigenvalue weighted by molar-refractivity contribution is 5.90. The monoisotopic (exact) mass is 348 g/mol. The number of aromatic nitrogens is 6. The van der Waals surface area contributed by atoms with E-state index < -0.39 is 0 Å². The summed E-state index contributed by atoms with van der Waals surface area (Å²) < 4.78 is 0. The van der Waals surface area contributed by atoms with E-state index in [4.69, 9.17) is 19.2 Å². The lowest BCUT2D eigenvalue weighted by Gasteiger charge is -2.06. The van der Waals surface area contributed by atoms with Gasteiger partial charge in [-0.2, -0.15) is 19.2 Å². The van der Waals surface area contributed by atoms with Crippen LogP contribution in [0.3, 0.4) is 0 Å². The van der Waals surface area contributed by atoms with E-state index in [0.717, 1.165) is 10.9 Å². The number of carbonyl (C=O) groups excluding carboxylic acids is 4. The van der Waals surface area contributed by atoms with Crippen LogP contribution in [-0.2, 0) is 19.2 Å². The zero-order valence-electron chi connectivity index (χ0n) is 12.9. The van der Waals surface area contributed by atoms with Gasteiger partial charge in [0, 0.05) is 17.5 Å². The van der Waals surface area contributed by atoms with Gasteiger partial charge < -0.3 is 25.4 Å². The van der Waals surface area contributed by atoms with Crippen LogP contribution < -0.4 is 10.1 Å². The molecule has 0 atom stereocenters. The van der Waals surface area contributed by atoms with Crippen LogP contribution in [0.5, 0.6) is 0 Å². The molecule has 26 heavy (non-hydrogen) atoms. The second-order valence-corrected chi connectivity index (χ2v) is 4.41. The van der Waals surface area contributed by atoms with Gasteiger partial charge in [-0.25, -0.2) is 0 Å². The van der Waals surface area contributed by atoms with Gasteiger partial charge in [-0.05, 0) is 29.4 Å². The summed E-state index contributed by atoms with van der Waals surface area (Å²) in [6, 6.07) is 13.3. The average Bonchev–Trinajstić information content (AvgIpc) is 3.31. The number of nitrogens with zero attached hydrogens (tertiary/aromatic N) is 6. The van der Waals surface area contributed by atoms with Crippen LogP contribution in [-0.4, -0.2) is 32.6 Å². The van der Waals surface area contributed by atoms with E-state index in [2.05, 4.69) is 30.4 Å². The lowest BCUT2D eigenvalue weighted by molar-refractivity contribution is -0.193. The molecule has 3 aromatic heterocycles. The predicted molar refractivity (Wildman–Crippen MR) is 82.7 cm³/mol. The predicted octanol–water partition coefficient (Wildman–Crippen LogP) is 0.501. The zero-order chi connectivity index (χ0) is 18.8. The van der Waals surface area contributed by atoms with Gasteiger partial charge >= 0.3 is 12.3 Å². The minimum Gasteiger partial charge on any atom is -0.574 e. The second-order valence-electron chi connectivity index (χ2n) is 4.41. The Bertz CT molecular complexity index is 1030. The van der Waals surface area contributed by atoms with Crippen molar-refractivity contribution in [3.63, 3.8) is 0 Å². The van der Waals surface area contributed by atoms with Gasteiger partial charge in [0.05, 0.1) is 5.69 Å². The molecule has 0 aliphatic carbocycles. The third-order valence-corrected chi connectivity index (χ3v) is 2.97. The lowest BCUT2D eigenvalue weighted by atomic mass is 10.2. The molecule has 0 aliphatic heterocycles. The molecule has 0 radical (unpaired) electrons. The van der Waals surface area contributed by atoms with Crippen LogP contribution in [0.2, 0.25) is 0 Å². The Balaban J connectivity index is 0.000000361. The molecule has 10 nitrogen and oxygen atoms in total. The molecule has 0 saturated heterocycles. The molecule has 1 aromatic carbocycles. The summed E-state index contributed by atoms with van der Waals surface area (Å²) in [5.41, 5.74) is 2.16. The molecule has 0 spiro atoms. The Kier molecular flexibility index (Phi) is 6.36. The maximum atomic E-state index is 8.12. The molecule has 0 aliphatic rings. The number of pyridine rings is 1. The number of hydrogen-bond acceptors (Lipinski definition) is 8. The maximum Gasteiger partial charge on any atom is 0.373 e. The Morgan fingerprint density at radius 3 is 2.15 bits per heavy atom. The summed E-state index contributed by atoms with van der Waals surface area (Å²) in [5, 5.41) is 17.3. The minimum absolute atomic E-state index is 0.250. The fourth-order valence-corrected chi connectivity index (χ4v) is 2.03. The molecular formula is C16H8N6O4-2. The minimum atomic E-state index is 0.250. The van der Waals surface area contributed by atoms with Gasteiger partial charge in [0.15, 0.2) is 0 Å². The highest BCUT2D eigenvalue weighted by Crippen LogP contribution is 2.23. The Labute approximate surface area is 145 Å². The normalized spacial score (nSPS) is 9.08. The van der Waals surface area contributed by atoms with Crippen molar-refractivity contribution in [3.05, 3.63) is 48.7 Å². The Hall–Kier alpha value is -4.26. The van der Waals surface area contributed by atoms with Gasteiger partial charge in [-0.15, -0.1) is 5.69 Å². The van der Waals surface area contributed by atoms with Crippen LogP contribution in [0.1, 0.15) is 0 Å². The third kappa shape index (κ3) is 4.18. The first kappa shape index (κ1) is 18.1. The third-order valence-electron chi connectivity index (χ3n) is 2.97. The first-order valence-electron chi connectivity index (χ1n) is 6.91. The first-order valence-corrected chi connectivity index (χ1v) is 6.91. The number of hydrogen-bond donors (Lipinski definition) is 0. The van der Waals surface area contributed by atoms with Crippen LogP contribution in [0, 0.1) is 0 Å². The van der Waals surface area contributed by atoms with Crippen LogP contribution in [0.15, 0.2) is 48.7 Å². The van der Waals surface area contributed by atoms with Gasteiger partial charge in [0.1, 0.15) is 0 Å². The average molecular weight is 348 g/mol. The summed E-state index contributed by atoms with van der Waals surface area (Å²) in [6.07, 6.45) is 2.20. The van der Waals surface area contributed by atoms with Crippen molar-refractivity contribution < 1.29 is 19.2 Å². The van der Waals surface area contributed by atoms with Crippen LogP contribution in [0.4, 0.5) is 0 Å². The fraction of sp³-hybridized carbons (Fsp3) is 0. The number of benzene rings is 1. The summed E-state index contributed by atoms with van der Waals surface area (Å²) >= 11 is 0. The largest absolute Gasteiger partial charge is 0.574 e. The van der Waals surface area contributed by atoms with Crippen molar-refractivity contribution >= 4 is 23.2 Å². The summed E-state index contributed by atoms with van der Waals surface area (Å²) in [4.78, 5) is 41.1. The Morgan fingerprint density at radius 2 is 1.46 bits per heavy atom. The molecule has 0 unspecified atom stereocenters. The van der Waals surface area contributed by atoms with E-state index in [1.165, 1.54) is 0 Å². The topological polar surface area (TPSA) is 148 Å². The molecular weight excluding hydrogens is 340 g/mol. The SMILES string of the molecule is O=C=O.O=C=O.c1ccc(-c2nnc(-c3[n-]nc4ccccc34)[n-]2)nc1. The van der Waals surface area contributed by atoms with Crippen molar-refractivity contribution in [1.29, 1.82) is 0 Å². The highest BCUT2D eigenvalue weighted by Gasteiger charge is 2.00. The molecule has 0 fully saturated rings. The second kappa shape index (κ2) is 9.14. The van der Waals surface area contributed by atoms with Gasteiger partial charge in [-0.1, -0.05) is 24.3 Å². The van der Waals surface area contributed by atoms with E-state index in [1.54, 1.807) is 6.20 Å². The first-order chi connectivity index (χ1) is 12.7. The van der Waals surface area contributed by atoms with Gasteiger partial charge in [-0.3, -0.25) is 4.98 Å². The van der Waals surface area contributed by atoms with E-state index >= 15 is 0 Å². The zero-order valence-corrected chi connectivity index (χ0v) is 12.9. The molecule has 3 heterocycles. The van der Waals surface area contributed by atoms with Crippen molar-refractivity contribution in [2.24, 2.45) is 0 Å². The van der Waals surface area contributed by atoms with Gasteiger partial charge in [0.2, 0.25) is 0 Å². The molecule has 4 rings (SSSR count). The van der Waals surface area contributed by atoms with Crippen molar-refractivity contribution in [2.45, 2.75) is 0 Å². The maximum absolute atomic E-state index is 8.12. The number of fused-ring (bicyclic) bond motifs is 1. The van der Waals surface area contributed by atoms with Crippen molar-refractivity contribution in [3.8, 4) is 23.0 Å². The Morgan fingerprint density at radius 1 is 0.808 bits per heavy atom. The molecule has 0 saturated carbocycles. The standard InChI is InChI=1S/C14H8N6.2CO2/c1-2-6-10-9(5-1)12(18-17-10)14-16-13(19-20-14)11-7-3-4-8-15-11;2*2-1-3/h1-8H;;/q-2;;. The molecule has 0 amide bonds. The van der Waals surface area contributed by atoms with Gasteiger partial charge in [0.25, 0.3) is 0 Å². The molecule has 0 bridgehead atoms.